The number of aryl methyl sites for hydroxylation is 2. The molecule has 3 nitrogen and oxygen atoms in total. The molecule has 0 saturated heterocycles. The Morgan fingerprint density at radius 3 is 2.42 bits per heavy atom. The number of halogens is 1. The maximum atomic E-state index is 13.5. The van der Waals surface area contributed by atoms with Gasteiger partial charge in [0.1, 0.15) is 5.82 Å². The molecule has 4 N–H and O–H groups in total. The zero-order valence-corrected chi connectivity index (χ0v) is 10.4. The van der Waals surface area contributed by atoms with Gasteiger partial charge in [-0.05, 0) is 42.2 Å². The Balaban J connectivity index is 2.20. The molecule has 2 rings (SSSR count). The summed E-state index contributed by atoms with van der Waals surface area (Å²) in [6, 6.07) is 11.6. The van der Waals surface area contributed by atoms with E-state index in [1.165, 1.54) is 6.07 Å². The van der Waals surface area contributed by atoms with Crippen LogP contribution in [0.15, 0.2) is 42.5 Å². The number of amides is 1. The highest BCUT2D eigenvalue weighted by Crippen LogP contribution is 2.17. The molecule has 0 fully saturated rings. The van der Waals surface area contributed by atoms with E-state index in [0.29, 0.717) is 29.7 Å². The minimum Gasteiger partial charge on any atom is -0.399 e. The van der Waals surface area contributed by atoms with Crippen molar-refractivity contribution in [3.05, 3.63) is 65.0 Å². The van der Waals surface area contributed by atoms with Crippen LogP contribution in [0.4, 0.5) is 10.1 Å². The lowest BCUT2D eigenvalue weighted by atomic mass is 9.98. The molecule has 0 aliphatic carbocycles. The van der Waals surface area contributed by atoms with Crippen LogP contribution in [-0.4, -0.2) is 5.91 Å². The largest absolute Gasteiger partial charge is 0.399 e. The zero-order valence-electron chi connectivity index (χ0n) is 10.4. The molecule has 0 heterocycles. The number of anilines is 1. The Hall–Kier alpha value is -2.36. The van der Waals surface area contributed by atoms with Crippen LogP contribution in [-0.2, 0) is 12.8 Å². The molecule has 0 spiro atoms. The van der Waals surface area contributed by atoms with E-state index >= 15 is 0 Å². The fourth-order valence-electron chi connectivity index (χ4n) is 2.01. The average molecular weight is 258 g/mol. The number of primary amides is 1. The van der Waals surface area contributed by atoms with Crippen molar-refractivity contribution in [3.8, 4) is 0 Å². The summed E-state index contributed by atoms with van der Waals surface area (Å²) in [4.78, 5) is 11.3. The van der Waals surface area contributed by atoms with Gasteiger partial charge in [0.15, 0.2) is 0 Å². The second-order valence-corrected chi connectivity index (χ2v) is 4.37. The van der Waals surface area contributed by atoms with E-state index in [1.807, 2.05) is 0 Å². The molecule has 2 aromatic rings. The molecule has 0 aromatic heterocycles. The van der Waals surface area contributed by atoms with Crippen LogP contribution in [0, 0.1) is 5.82 Å². The lowest BCUT2D eigenvalue weighted by molar-refractivity contribution is 0.0999. The molecule has 0 radical (unpaired) electrons. The lowest BCUT2D eigenvalue weighted by Crippen LogP contribution is -2.14. The van der Waals surface area contributed by atoms with Gasteiger partial charge in [-0.15, -0.1) is 0 Å². The van der Waals surface area contributed by atoms with Crippen molar-refractivity contribution < 1.29 is 9.18 Å². The van der Waals surface area contributed by atoms with E-state index in [9.17, 15) is 9.18 Å². The normalized spacial score (nSPS) is 10.4. The van der Waals surface area contributed by atoms with Gasteiger partial charge in [0.05, 0.1) is 0 Å². The van der Waals surface area contributed by atoms with E-state index in [4.69, 9.17) is 11.5 Å². The SMILES string of the molecule is NC(=O)c1cc(N)ccc1CCc1ccccc1F. The highest BCUT2D eigenvalue weighted by atomic mass is 19.1. The van der Waals surface area contributed by atoms with Crippen LogP contribution < -0.4 is 11.5 Å². The van der Waals surface area contributed by atoms with Gasteiger partial charge in [-0.1, -0.05) is 24.3 Å². The highest BCUT2D eigenvalue weighted by Gasteiger charge is 2.09. The van der Waals surface area contributed by atoms with Gasteiger partial charge in [-0.3, -0.25) is 4.79 Å². The van der Waals surface area contributed by atoms with Crippen LogP contribution in [0.5, 0.6) is 0 Å². The molecule has 0 atom stereocenters. The predicted molar refractivity (Wildman–Crippen MR) is 73.2 cm³/mol. The first kappa shape index (κ1) is 13.1. The number of hydrogen-bond donors (Lipinski definition) is 2. The third kappa shape index (κ3) is 3.10. The first-order valence-electron chi connectivity index (χ1n) is 5.99. The maximum absolute atomic E-state index is 13.5. The van der Waals surface area contributed by atoms with Crippen LogP contribution in [0.25, 0.3) is 0 Å². The van der Waals surface area contributed by atoms with Crippen LogP contribution in [0.1, 0.15) is 21.5 Å². The van der Waals surface area contributed by atoms with Gasteiger partial charge in [0.25, 0.3) is 0 Å². The van der Waals surface area contributed by atoms with Crippen molar-refractivity contribution >= 4 is 11.6 Å². The smallest absolute Gasteiger partial charge is 0.249 e. The Morgan fingerprint density at radius 2 is 1.74 bits per heavy atom. The third-order valence-electron chi connectivity index (χ3n) is 3.02. The molecule has 98 valence electrons. The van der Waals surface area contributed by atoms with Gasteiger partial charge < -0.3 is 11.5 Å². The van der Waals surface area contributed by atoms with Gasteiger partial charge in [-0.2, -0.15) is 0 Å². The zero-order chi connectivity index (χ0) is 13.8. The molecule has 0 bridgehead atoms. The highest BCUT2D eigenvalue weighted by molar-refractivity contribution is 5.95. The molecular formula is C15H15FN2O. The molecule has 0 unspecified atom stereocenters. The molecule has 0 aliphatic heterocycles. The first-order chi connectivity index (χ1) is 9.08. The fraction of sp³-hybridized carbons (Fsp3) is 0.133. The van der Waals surface area contributed by atoms with Crippen LogP contribution in [0.3, 0.4) is 0 Å². The first-order valence-corrected chi connectivity index (χ1v) is 5.99. The van der Waals surface area contributed by atoms with Gasteiger partial charge >= 0.3 is 0 Å². The fourth-order valence-corrected chi connectivity index (χ4v) is 2.01. The van der Waals surface area contributed by atoms with Crippen LogP contribution >= 0.6 is 0 Å². The lowest BCUT2D eigenvalue weighted by Gasteiger charge is -2.08. The number of hydrogen-bond acceptors (Lipinski definition) is 2. The minimum atomic E-state index is -0.518. The molecule has 19 heavy (non-hydrogen) atoms. The van der Waals surface area contributed by atoms with Crippen molar-refractivity contribution in [2.75, 3.05) is 5.73 Å². The second-order valence-electron chi connectivity index (χ2n) is 4.37. The van der Waals surface area contributed by atoms with Crippen molar-refractivity contribution in [2.45, 2.75) is 12.8 Å². The van der Waals surface area contributed by atoms with Crippen molar-refractivity contribution in [1.82, 2.24) is 0 Å². The Morgan fingerprint density at radius 1 is 1.05 bits per heavy atom. The Kier molecular flexibility index (Phi) is 3.80. The quantitative estimate of drug-likeness (QED) is 0.826. The Labute approximate surface area is 111 Å². The van der Waals surface area contributed by atoms with Gasteiger partial charge in [0.2, 0.25) is 5.91 Å². The van der Waals surface area contributed by atoms with E-state index in [0.717, 1.165) is 5.56 Å². The Bertz CT molecular complexity index is 611. The summed E-state index contributed by atoms with van der Waals surface area (Å²) < 4.78 is 13.5. The summed E-state index contributed by atoms with van der Waals surface area (Å²) in [5.74, 6) is -0.755. The van der Waals surface area contributed by atoms with E-state index in [-0.39, 0.29) is 5.82 Å². The second kappa shape index (κ2) is 5.52. The summed E-state index contributed by atoms with van der Waals surface area (Å²) in [5, 5.41) is 0. The van der Waals surface area contributed by atoms with Crippen molar-refractivity contribution in [2.24, 2.45) is 5.73 Å². The van der Waals surface area contributed by atoms with Crippen molar-refractivity contribution in [1.29, 1.82) is 0 Å². The number of rotatable bonds is 4. The summed E-state index contributed by atoms with van der Waals surface area (Å²) in [7, 11) is 0. The summed E-state index contributed by atoms with van der Waals surface area (Å²) in [6.07, 6.45) is 1.05. The third-order valence-corrected chi connectivity index (χ3v) is 3.02. The predicted octanol–water partition coefficient (Wildman–Crippen LogP) is 2.29. The summed E-state index contributed by atoms with van der Waals surface area (Å²) in [5.41, 5.74) is 13.2. The van der Waals surface area contributed by atoms with Crippen molar-refractivity contribution in [3.63, 3.8) is 0 Å². The summed E-state index contributed by atoms with van der Waals surface area (Å²) >= 11 is 0. The standard InChI is InChI=1S/C15H15FN2O/c16-14-4-2-1-3-11(14)6-5-10-7-8-12(17)9-13(10)15(18)19/h1-4,7-9H,5-6,17H2,(H2,18,19). The monoisotopic (exact) mass is 258 g/mol. The molecule has 0 aliphatic rings. The maximum Gasteiger partial charge on any atom is 0.249 e. The van der Waals surface area contributed by atoms with Gasteiger partial charge in [0, 0.05) is 11.3 Å². The number of carbonyl (C=O) groups is 1. The van der Waals surface area contributed by atoms with E-state index in [1.54, 1.807) is 36.4 Å². The minimum absolute atomic E-state index is 0.237. The van der Waals surface area contributed by atoms with Gasteiger partial charge in [-0.25, -0.2) is 4.39 Å². The average Bonchev–Trinajstić information content (AvgIpc) is 2.38. The number of carbonyl (C=O) groups excluding carboxylic acids is 1. The molecule has 2 aromatic carbocycles. The summed E-state index contributed by atoms with van der Waals surface area (Å²) in [6.45, 7) is 0. The number of benzene rings is 2. The van der Waals surface area contributed by atoms with E-state index in [2.05, 4.69) is 0 Å². The molecule has 1 amide bonds. The topological polar surface area (TPSA) is 69.1 Å². The molecule has 0 saturated carbocycles. The number of nitrogen functional groups attached to an aromatic ring is 1. The van der Waals surface area contributed by atoms with Crippen LogP contribution in [0.2, 0.25) is 0 Å². The molecule has 4 heteroatoms. The molecular weight excluding hydrogens is 243 g/mol. The van der Waals surface area contributed by atoms with E-state index < -0.39 is 5.91 Å². The number of nitrogens with two attached hydrogens (primary N) is 2.